The first kappa shape index (κ1) is 22.6. The molecule has 10 nitrogen and oxygen atoms in total. The van der Waals surface area contributed by atoms with Gasteiger partial charge in [0.05, 0.1) is 18.1 Å². The highest BCUT2D eigenvalue weighted by atomic mass is 16.6. The molecule has 0 spiro atoms. The molecule has 0 bridgehead atoms. The van der Waals surface area contributed by atoms with Crippen molar-refractivity contribution < 1.29 is 23.9 Å². The molecule has 0 aliphatic heterocycles. The second-order valence-electron chi connectivity index (χ2n) is 6.57. The van der Waals surface area contributed by atoms with Crippen LogP contribution in [0.25, 0.3) is 0 Å². The highest BCUT2D eigenvalue weighted by molar-refractivity contribution is 5.92. The number of hydrogen-bond donors (Lipinski definition) is 1. The van der Waals surface area contributed by atoms with E-state index in [1.165, 1.54) is 16.8 Å². The molecule has 1 amide bonds. The van der Waals surface area contributed by atoms with Crippen molar-refractivity contribution >= 4 is 11.6 Å². The predicted molar refractivity (Wildman–Crippen MR) is 116 cm³/mol. The summed E-state index contributed by atoms with van der Waals surface area (Å²) in [4.78, 5) is 23.0. The van der Waals surface area contributed by atoms with Crippen molar-refractivity contribution in [1.29, 1.82) is 0 Å². The lowest BCUT2D eigenvalue weighted by atomic mass is 10.2. The minimum absolute atomic E-state index is 0.0747. The number of para-hydroxylation sites is 2. The molecule has 2 aromatic carbocycles. The summed E-state index contributed by atoms with van der Waals surface area (Å²) in [6.07, 6.45) is 1.56. The van der Waals surface area contributed by atoms with Crippen LogP contribution in [0.4, 0.5) is 5.69 Å². The molecule has 168 valence electrons. The molecule has 3 aromatic rings. The molecule has 0 radical (unpaired) electrons. The van der Waals surface area contributed by atoms with Gasteiger partial charge in [0.1, 0.15) is 5.69 Å². The van der Waals surface area contributed by atoms with Crippen LogP contribution < -0.4 is 19.5 Å². The second-order valence-corrected chi connectivity index (χ2v) is 6.57. The number of ether oxygens (including phenoxy) is 3. The molecule has 10 heteroatoms. The number of hydrogen-bond acceptors (Lipinski definition) is 7. The van der Waals surface area contributed by atoms with Crippen LogP contribution in [-0.2, 0) is 13.3 Å². The van der Waals surface area contributed by atoms with Crippen LogP contribution in [0.3, 0.4) is 0 Å². The van der Waals surface area contributed by atoms with E-state index in [1.807, 2.05) is 32.0 Å². The van der Waals surface area contributed by atoms with Gasteiger partial charge in [0.15, 0.2) is 24.0 Å². The highest BCUT2D eigenvalue weighted by Crippen LogP contribution is 2.28. The predicted octanol–water partition coefficient (Wildman–Crippen LogP) is 3.56. The van der Waals surface area contributed by atoms with Crippen molar-refractivity contribution in [3.8, 4) is 17.2 Å². The van der Waals surface area contributed by atoms with E-state index in [4.69, 9.17) is 14.2 Å². The largest absolute Gasteiger partial charge is 0.490 e. The molecule has 0 atom stereocenters. The first-order chi connectivity index (χ1) is 15.5. The van der Waals surface area contributed by atoms with Crippen molar-refractivity contribution in [3.05, 3.63) is 76.1 Å². The molecule has 0 aliphatic rings. The molecule has 1 heterocycles. The fourth-order valence-corrected chi connectivity index (χ4v) is 2.90. The summed E-state index contributed by atoms with van der Waals surface area (Å²) >= 11 is 0. The van der Waals surface area contributed by atoms with Gasteiger partial charge in [-0.05, 0) is 43.7 Å². The molecule has 32 heavy (non-hydrogen) atoms. The van der Waals surface area contributed by atoms with Crippen molar-refractivity contribution in [2.75, 3.05) is 13.2 Å². The minimum Gasteiger partial charge on any atom is -0.490 e. The van der Waals surface area contributed by atoms with Crippen LogP contribution in [0.2, 0.25) is 0 Å². The summed E-state index contributed by atoms with van der Waals surface area (Å²) in [6.45, 7) is 5.02. The van der Waals surface area contributed by atoms with Crippen LogP contribution in [0.1, 0.15) is 29.9 Å². The van der Waals surface area contributed by atoms with Gasteiger partial charge in [-0.2, -0.15) is 5.10 Å². The lowest BCUT2D eigenvalue weighted by Crippen LogP contribution is -2.23. The number of nitrogens with one attached hydrogen (secondary N) is 1. The average Bonchev–Trinajstić information content (AvgIpc) is 3.27. The maximum atomic E-state index is 12.5. The third-order valence-electron chi connectivity index (χ3n) is 4.35. The van der Waals surface area contributed by atoms with Gasteiger partial charge in [0.2, 0.25) is 0 Å². The molecule has 0 aliphatic carbocycles. The Kier molecular flexibility index (Phi) is 7.63. The lowest BCUT2D eigenvalue weighted by Gasteiger charge is -2.12. The summed E-state index contributed by atoms with van der Waals surface area (Å²) in [6, 6.07) is 13.1. The Morgan fingerprint density at radius 2 is 1.78 bits per heavy atom. The summed E-state index contributed by atoms with van der Waals surface area (Å²) in [7, 11) is 0. The van der Waals surface area contributed by atoms with E-state index in [1.54, 1.807) is 24.4 Å². The maximum Gasteiger partial charge on any atom is 0.311 e. The monoisotopic (exact) mass is 440 g/mol. The van der Waals surface area contributed by atoms with E-state index < -0.39 is 4.92 Å². The number of amides is 1. The Balaban J connectivity index is 1.58. The maximum absolute atomic E-state index is 12.5. The fraction of sp³-hybridized carbons (Fsp3) is 0.273. The zero-order valence-electron chi connectivity index (χ0n) is 17.8. The Bertz CT molecular complexity index is 1080. The Labute approximate surface area is 184 Å². The molecular formula is C22H24N4O6. The average molecular weight is 440 g/mol. The van der Waals surface area contributed by atoms with Gasteiger partial charge in [-0.15, -0.1) is 0 Å². The second kappa shape index (κ2) is 10.8. The highest BCUT2D eigenvalue weighted by Gasteiger charge is 2.15. The van der Waals surface area contributed by atoms with Crippen LogP contribution >= 0.6 is 0 Å². The van der Waals surface area contributed by atoms with Gasteiger partial charge in [-0.3, -0.25) is 14.9 Å². The summed E-state index contributed by atoms with van der Waals surface area (Å²) in [5.41, 5.74) is 0.913. The molecule has 0 saturated heterocycles. The van der Waals surface area contributed by atoms with Crippen LogP contribution in [0.15, 0.2) is 54.7 Å². The zero-order chi connectivity index (χ0) is 22.9. The molecule has 0 fully saturated rings. The smallest absolute Gasteiger partial charge is 0.311 e. The quantitative estimate of drug-likeness (QED) is 0.358. The number of nitrogens with zero attached hydrogens (tertiary/aromatic N) is 3. The third-order valence-corrected chi connectivity index (χ3v) is 4.35. The number of carbonyl (C=O) groups excluding carboxylic acids is 1. The number of rotatable bonds is 11. The molecular weight excluding hydrogens is 416 g/mol. The summed E-state index contributed by atoms with van der Waals surface area (Å²) in [5, 5.41) is 18.0. The van der Waals surface area contributed by atoms with Gasteiger partial charge in [-0.1, -0.05) is 18.2 Å². The van der Waals surface area contributed by atoms with Crippen molar-refractivity contribution in [3.63, 3.8) is 0 Å². The molecule has 1 aromatic heterocycles. The number of benzene rings is 2. The number of aromatic nitrogens is 2. The third kappa shape index (κ3) is 5.75. The first-order valence-electron chi connectivity index (χ1n) is 10.1. The van der Waals surface area contributed by atoms with Gasteiger partial charge in [0.25, 0.3) is 5.91 Å². The van der Waals surface area contributed by atoms with Crippen LogP contribution in [-0.4, -0.2) is 33.8 Å². The summed E-state index contributed by atoms with van der Waals surface area (Å²) in [5.74, 6) is 1.04. The van der Waals surface area contributed by atoms with Gasteiger partial charge >= 0.3 is 5.69 Å². The van der Waals surface area contributed by atoms with E-state index >= 15 is 0 Å². The van der Waals surface area contributed by atoms with Crippen molar-refractivity contribution in [2.45, 2.75) is 27.1 Å². The van der Waals surface area contributed by atoms with Crippen molar-refractivity contribution in [2.24, 2.45) is 0 Å². The van der Waals surface area contributed by atoms with Gasteiger partial charge in [-0.25, -0.2) is 4.68 Å². The van der Waals surface area contributed by atoms with Crippen LogP contribution in [0, 0.1) is 10.1 Å². The molecule has 0 saturated carbocycles. The molecule has 3 rings (SSSR count). The van der Waals surface area contributed by atoms with E-state index in [-0.39, 0.29) is 36.3 Å². The molecule has 1 N–H and O–H groups in total. The summed E-state index contributed by atoms with van der Waals surface area (Å²) < 4.78 is 18.0. The van der Waals surface area contributed by atoms with Crippen molar-refractivity contribution in [1.82, 2.24) is 15.1 Å². The minimum atomic E-state index is -0.519. The van der Waals surface area contributed by atoms with E-state index in [9.17, 15) is 14.9 Å². The van der Waals surface area contributed by atoms with Gasteiger partial charge in [0, 0.05) is 18.8 Å². The van der Waals surface area contributed by atoms with E-state index in [0.29, 0.717) is 24.7 Å². The Morgan fingerprint density at radius 1 is 1.03 bits per heavy atom. The van der Waals surface area contributed by atoms with E-state index in [2.05, 4.69) is 10.4 Å². The number of carbonyl (C=O) groups is 1. The van der Waals surface area contributed by atoms with E-state index in [0.717, 1.165) is 5.56 Å². The van der Waals surface area contributed by atoms with Crippen LogP contribution in [0.5, 0.6) is 17.2 Å². The van der Waals surface area contributed by atoms with Gasteiger partial charge < -0.3 is 19.5 Å². The standard InChI is InChI=1S/C22H24N4O6/c1-3-30-20-10-9-16(13-21(20)31-4-2)14-23-22(27)17-11-12-25(24-17)15-32-19-8-6-5-7-18(19)26(28)29/h5-13H,3-4,14-15H2,1-2H3,(H,23,27). The first-order valence-corrected chi connectivity index (χ1v) is 10.1. The zero-order valence-corrected chi connectivity index (χ0v) is 17.8. The molecule has 0 unspecified atom stereocenters. The Hall–Kier alpha value is -4.08. The normalized spacial score (nSPS) is 10.4. The Morgan fingerprint density at radius 3 is 2.53 bits per heavy atom. The SMILES string of the molecule is CCOc1ccc(CNC(=O)c2ccn(COc3ccccc3[N+](=O)[O-])n2)cc1OCC. The topological polar surface area (TPSA) is 118 Å². The lowest BCUT2D eigenvalue weighted by molar-refractivity contribution is -0.386. The fourth-order valence-electron chi connectivity index (χ4n) is 2.90. The number of nitro groups is 1. The number of nitro benzene ring substituents is 1.